The van der Waals surface area contributed by atoms with Crippen molar-refractivity contribution in [3.8, 4) is 0 Å². The monoisotopic (exact) mass is 380 g/mol. The molecular weight excluding hydrogens is 356 g/mol. The van der Waals surface area contributed by atoms with Crippen molar-refractivity contribution in [2.45, 2.75) is 43.5 Å². The summed E-state index contributed by atoms with van der Waals surface area (Å²) >= 11 is 1.71. The summed E-state index contributed by atoms with van der Waals surface area (Å²) in [5.74, 6) is 1.04. The lowest BCUT2D eigenvalue weighted by Crippen LogP contribution is -2.48. The normalized spacial score (nSPS) is 24.3. The second-order valence-electron chi connectivity index (χ2n) is 7.51. The summed E-state index contributed by atoms with van der Waals surface area (Å²) in [7, 11) is 0. The number of amides is 2. The molecule has 4 nitrogen and oxygen atoms in total. The van der Waals surface area contributed by atoms with E-state index in [0.29, 0.717) is 18.1 Å². The van der Waals surface area contributed by atoms with E-state index in [1.807, 2.05) is 47.4 Å². The van der Waals surface area contributed by atoms with Crippen LogP contribution in [0.15, 0.2) is 54.6 Å². The standard InChI is InChI=1S/C22H24N2O2S/c1-15(2)16-8-10-18(11-9-16)23-21(26)19-14-27-22(13-12-20(25)24(19)22)17-6-4-3-5-7-17/h3-11,15,19H,12-14H2,1-2H3,(H,23,26)/t19-,22-/m1/s1. The Balaban J connectivity index is 1.56. The van der Waals surface area contributed by atoms with E-state index in [2.05, 4.69) is 31.3 Å². The van der Waals surface area contributed by atoms with Crippen LogP contribution in [0, 0.1) is 0 Å². The van der Waals surface area contributed by atoms with Crippen molar-refractivity contribution in [1.82, 2.24) is 4.90 Å². The highest BCUT2D eigenvalue weighted by molar-refractivity contribution is 8.00. The van der Waals surface area contributed by atoms with Gasteiger partial charge in [-0.1, -0.05) is 56.3 Å². The second kappa shape index (κ2) is 7.04. The SMILES string of the molecule is CC(C)c1ccc(NC(=O)[C@H]2CS[C@@]3(c4ccccc4)CCC(=O)N23)cc1. The average molecular weight is 381 g/mol. The zero-order valence-electron chi connectivity index (χ0n) is 15.6. The van der Waals surface area contributed by atoms with Crippen LogP contribution in [0.5, 0.6) is 0 Å². The van der Waals surface area contributed by atoms with Crippen molar-refractivity contribution in [1.29, 1.82) is 0 Å². The summed E-state index contributed by atoms with van der Waals surface area (Å²) in [4.78, 5) is 27.1. The summed E-state index contributed by atoms with van der Waals surface area (Å²) in [6, 6.07) is 17.6. The molecule has 0 saturated carbocycles. The zero-order valence-corrected chi connectivity index (χ0v) is 16.5. The summed E-state index contributed by atoms with van der Waals surface area (Å²) < 4.78 is 0. The third-order valence-electron chi connectivity index (χ3n) is 5.50. The highest BCUT2D eigenvalue weighted by atomic mass is 32.2. The smallest absolute Gasteiger partial charge is 0.248 e. The molecule has 0 aromatic heterocycles. The second-order valence-corrected chi connectivity index (χ2v) is 8.80. The van der Waals surface area contributed by atoms with Crippen LogP contribution in [0.2, 0.25) is 0 Å². The minimum Gasteiger partial charge on any atom is -0.324 e. The maximum Gasteiger partial charge on any atom is 0.248 e. The van der Waals surface area contributed by atoms with E-state index in [4.69, 9.17) is 0 Å². The van der Waals surface area contributed by atoms with E-state index in [0.717, 1.165) is 17.7 Å². The van der Waals surface area contributed by atoms with Gasteiger partial charge in [-0.3, -0.25) is 9.59 Å². The fourth-order valence-electron chi connectivity index (χ4n) is 4.01. The summed E-state index contributed by atoms with van der Waals surface area (Å²) in [5, 5.41) is 3.01. The van der Waals surface area contributed by atoms with Gasteiger partial charge in [-0.15, -0.1) is 11.8 Å². The van der Waals surface area contributed by atoms with Crippen molar-refractivity contribution in [3.05, 3.63) is 65.7 Å². The first-order valence-corrected chi connectivity index (χ1v) is 10.4. The van der Waals surface area contributed by atoms with E-state index in [1.165, 1.54) is 5.56 Å². The predicted molar refractivity (Wildman–Crippen MR) is 110 cm³/mol. The van der Waals surface area contributed by atoms with Crippen molar-refractivity contribution < 1.29 is 9.59 Å². The minimum atomic E-state index is -0.435. The maximum absolute atomic E-state index is 13.0. The number of nitrogens with zero attached hydrogens (tertiary/aromatic N) is 1. The molecule has 2 aliphatic heterocycles. The maximum atomic E-state index is 13.0. The Morgan fingerprint density at radius 2 is 1.85 bits per heavy atom. The van der Waals surface area contributed by atoms with Gasteiger partial charge in [-0.05, 0) is 35.6 Å². The molecule has 2 fully saturated rings. The lowest BCUT2D eigenvalue weighted by atomic mass is 10.0. The Morgan fingerprint density at radius 3 is 2.52 bits per heavy atom. The molecule has 0 unspecified atom stereocenters. The molecule has 0 aliphatic carbocycles. The molecule has 2 aliphatic rings. The molecule has 27 heavy (non-hydrogen) atoms. The number of carbonyl (C=O) groups excluding carboxylic acids is 2. The summed E-state index contributed by atoms with van der Waals surface area (Å²) in [6.07, 6.45) is 1.25. The molecule has 2 atom stereocenters. The van der Waals surface area contributed by atoms with Gasteiger partial charge >= 0.3 is 0 Å². The van der Waals surface area contributed by atoms with Crippen LogP contribution in [0.1, 0.15) is 43.7 Å². The van der Waals surface area contributed by atoms with E-state index >= 15 is 0 Å². The Morgan fingerprint density at radius 1 is 1.15 bits per heavy atom. The van der Waals surface area contributed by atoms with Gasteiger partial charge in [0.2, 0.25) is 11.8 Å². The van der Waals surface area contributed by atoms with Crippen LogP contribution in [-0.2, 0) is 14.5 Å². The number of benzene rings is 2. The van der Waals surface area contributed by atoms with Gasteiger partial charge in [0.25, 0.3) is 0 Å². The van der Waals surface area contributed by atoms with Gasteiger partial charge < -0.3 is 10.2 Å². The fraction of sp³-hybridized carbons (Fsp3) is 0.364. The van der Waals surface area contributed by atoms with Crippen molar-refractivity contribution in [2.24, 2.45) is 0 Å². The molecule has 2 amide bonds. The van der Waals surface area contributed by atoms with Crippen LogP contribution in [0.3, 0.4) is 0 Å². The number of hydrogen-bond acceptors (Lipinski definition) is 3. The predicted octanol–water partition coefficient (Wildman–Crippen LogP) is 4.34. The Kier molecular flexibility index (Phi) is 4.72. The highest BCUT2D eigenvalue weighted by Crippen LogP contribution is 2.54. The zero-order chi connectivity index (χ0) is 19.0. The molecule has 2 heterocycles. The van der Waals surface area contributed by atoms with E-state index < -0.39 is 10.9 Å². The minimum absolute atomic E-state index is 0.0687. The van der Waals surface area contributed by atoms with Crippen molar-refractivity contribution in [2.75, 3.05) is 11.1 Å². The lowest BCUT2D eigenvalue weighted by molar-refractivity contribution is -0.136. The number of carbonyl (C=O) groups is 2. The van der Waals surface area contributed by atoms with Crippen LogP contribution < -0.4 is 5.32 Å². The molecule has 0 bridgehead atoms. The third-order valence-corrected chi connectivity index (χ3v) is 7.10. The van der Waals surface area contributed by atoms with Crippen LogP contribution in [0.4, 0.5) is 5.69 Å². The molecule has 2 aromatic carbocycles. The third kappa shape index (κ3) is 3.14. The van der Waals surface area contributed by atoms with Gasteiger partial charge in [0.1, 0.15) is 10.9 Å². The van der Waals surface area contributed by atoms with Crippen LogP contribution in [-0.4, -0.2) is 28.5 Å². The lowest BCUT2D eigenvalue weighted by Gasteiger charge is -2.34. The summed E-state index contributed by atoms with van der Waals surface area (Å²) in [6.45, 7) is 4.29. The number of fused-ring (bicyclic) bond motifs is 1. The first kappa shape index (κ1) is 18.1. The van der Waals surface area contributed by atoms with Gasteiger partial charge in [-0.2, -0.15) is 0 Å². The number of rotatable bonds is 4. The van der Waals surface area contributed by atoms with Crippen LogP contribution >= 0.6 is 11.8 Å². The topological polar surface area (TPSA) is 49.4 Å². The molecular formula is C22H24N2O2S. The first-order valence-electron chi connectivity index (χ1n) is 9.44. The number of anilines is 1. The summed E-state index contributed by atoms with van der Waals surface area (Å²) in [5.41, 5.74) is 3.12. The Labute approximate surface area is 164 Å². The largest absolute Gasteiger partial charge is 0.324 e. The molecule has 0 spiro atoms. The number of thioether (sulfide) groups is 1. The quantitative estimate of drug-likeness (QED) is 0.858. The van der Waals surface area contributed by atoms with E-state index in [-0.39, 0.29) is 11.8 Å². The fourth-order valence-corrected chi connectivity index (χ4v) is 5.66. The molecule has 1 N–H and O–H groups in total. The highest BCUT2D eigenvalue weighted by Gasteiger charge is 2.56. The number of nitrogens with one attached hydrogen (secondary N) is 1. The first-order chi connectivity index (χ1) is 13.0. The van der Waals surface area contributed by atoms with Crippen molar-refractivity contribution in [3.63, 3.8) is 0 Å². The van der Waals surface area contributed by atoms with Crippen LogP contribution in [0.25, 0.3) is 0 Å². The van der Waals surface area contributed by atoms with Gasteiger partial charge in [0, 0.05) is 17.9 Å². The average Bonchev–Trinajstić information content (AvgIpc) is 3.22. The van der Waals surface area contributed by atoms with Gasteiger partial charge in [-0.25, -0.2) is 0 Å². The van der Waals surface area contributed by atoms with E-state index in [9.17, 15) is 9.59 Å². The molecule has 4 rings (SSSR count). The molecule has 140 valence electrons. The van der Waals surface area contributed by atoms with E-state index in [1.54, 1.807) is 11.8 Å². The molecule has 5 heteroatoms. The van der Waals surface area contributed by atoms with Crippen molar-refractivity contribution >= 4 is 29.3 Å². The number of hydrogen-bond donors (Lipinski definition) is 1. The Hall–Kier alpha value is -2.27. The van der Waals surface area contributed by atoms with Gasteiger partial charge in [0.15, 0.2) is 0 Å². The molecule has 0 radical (unpaired) electrons. The molecule has 2 saturated heterocycles. The molecule has 2 aromatic rings. The Bertz CT molecular complexity index is 850. The van der Waals surface area contributed by atoms with Gasteiger partial charge in [0.05, 0.1) is 0 Å².